The Bertz CT molecular complexity index is 721. The Morgan fingerprint density at radius 3 is 2.63 bits per heavy atom. The summed E-state index contributed by atoms with van der Waals surface area (Å²) in [7, 11) is 1.51. The molecule has 2 aromatic carbocycles. The molecule has 0 amide bonds. The molecule has 0 aliphatic carbocycles. The van der Waals surface area contributed by atoms with Crippen LogP contribution in [0.15, 0.2) is 24.3 Å². The number of rotatable bonds is 2. The van der Waals surface area contributed by atoms with E-state index >= 15 is 0 Å². The van der Waals surface area contributed by atoms with E-state index in [4.69, 9.17) is 15.2 Å². The van der Waals surface area contributed by atoms with Crippen LogP contribution in [-0.4, -0.2) is 19.0 Å². The molecule has 0 fully saturated rings. The Morgan fingerprint density at radius 1 is 1.21 bits per heavy atom. The van der Waals surface area contributed by atoms with Crippen molar-refractivity contribution in [3.05, 3.63) is 41.0 Å². The van der Waals surface area contributed by atoms with Gasteiger partial charge >= 0.3 is 11.9 Å². The van der Waals surface area contributed by atoms with E-state index in [2.05, 4.69) is 0 Å². The van der Waals surface area contributed by atoms with Crippen molar-refractivity contribution in [1.82, 2.24) is 0 Å². The average molecular weight is 257 g/mol. The van der Waals surface area contributed by atoms with Crippen molar-refractivity contribution in [3.63, 3.8) is 0 Å². The first-order chi connectivity index (χ1) is 9.17. The van der Waals surface area contributed by atoms with E-state index in [0.29, 0.717) is 22.3 Å². The maximum Gasteiger partial charge on any atom is 0.346 e. The second-order valence-corrected chi connectivity index (χ2v) is 4.21. The number of nitrogens with two attached hydrogens (primary N) is 1. The molecule has 1 aliphatic rings. The highest BCUT2D eigenvalue weighted by atomic mass is 16.6. The van der Waals surface area contributed by atoms with E-state index < -0.39 is 11.9 Å². The van der Waals surface area contributed by atoms with E-state index in [1.807, 2.05) is 6.07 Å². The Kier molecular flexibility index (Phi) is 2.50. The fraction of sp³-hybridized carbons (Fsp3) is 0.143. The Morgan fingerprint density at radius 2 is 1.95 bits per heavy atom. The zero-order chi connectivity index (χ0) is 13.6. The predicted molar refractivity (Wildman–Crippen MR) is 68.1 cm³/mol. The Balaban J connectivity index is 2.52. The summed E-state index contributed by atoms with van der Waals surface area (Å²) in [5, 5.41) is 1.34. The summed E-state index contributed by atoms with van der Waals surface area (Å²) in [4.78, 5) is 23.6. The molecule has 96 valence electrons. The molecule has 0 saturated heterocycles. The summed E-state index contributed by atoms with van der Waals surface area (Å²) in [5.74, 6) is -0.764. The maximum absolute atomic E-state index is 11.8. The van der Waals surface area contributed by atoms with Gasteiger partial charge in [0.05, 0.1) is 18.2 Å². The Labute approximate surface area is 108 Å². The highest BCUT2D eigenvalue weighted by molar-refractivity contribution is 6.21. The van der Waals surface area contributed by atoms with Gasteiger partial charge in [0.1, 0.15) is 5.75 Å². The standard InChI is InChI=1S/C14H11NO4/c1-18-11-5-9-12-7(10(11)6-15)3-2-4-8(12)13(16)19-14(9)17/h2-5H,6,15H2,1H3. The summed E-state index contributed by atoms with van der Waals surface area (Å²) >= 11 is 0. The third-order valence-electron chi connectivity index (χ3n) is 3.28. The molecular formula is C14H11NO4. The van der Waals surface area contributed by atoms with Gasteiger partial charge in [-0.3, -0.25) is 0 Å². The summed E-state index contributed by atoms with van der Waals surface area (Å²) in [6.07, 6.45) is 0. The lowest BCUT2D eigenvalue weighted by Crippen LogP contribution is -2.20. The van der Waals surface area contributed by atoms with Gasteiger partial charge in [-0.2, -0.15) is 0 Å². The first-order valence-electron chi connectivity index (χ1n) is 5.76. The lowest BCUT2D eigenvalue weighted by atomic mass is 9.93. The van der Waals surface area contributed by atoms with Crippen LogP contribution in [0.1, 0.15) is 26.3 Å². The van der Waals surface area contributed by atoms with E-state index in [9.17, 15) is 9.59 Å². The van der Waals surface area contributed by atoms with E-state index in [-0.39, 0.29) is 6.54 Å². The fourth-order valence-electron chi connectivity index (χ4n) is 2.43. The minimum Gasteiger partial charge on any atom is -0.496 e. The van der Waals surface area contributed by atoms with Crippen molar-refractivity contribution >= 4 is 22.7 Å². The van der Waals surface area contributed by atoms with E-state index in [0.717, 1.165) is 10.9 Å². The van der Waals surface area contributed by atoms with Crippen LogP contribution in [-0.2, 0) is 11.3 Å². The molecule has 0 saturated carbocycles. The summed E-state index contributed by atoms with van der Waals surface area (Å²) in [5.41, 5.74) is 7.22. The molecule has 2 N–H and O–H groups in total. The summed E-state index contributed by atoms with van der Waals surface area (Å²) in [6, 6.07) is 6.76. The van der Waals surface area contributed by atoms with Crippen LogP contribution in [0, 0.1) is 0 Å². The molecule has 0 unspecified atom stereocenters. The zero-order valence-corrected chi connectivity index (χ0v) is 10.2. The number of ether oxygens (including phenoxy) is 2. The quantitative estimate of drug-likeness (QED) is 0.653. The van der Waals surface area contributed by atoms with Gasteiger partial charge in [0.25, 0.3) is 0 Å². The highest BCUT2D eigenvalue weighted by Crippen LogP contribution is 2.36. The third-order valence-corrected chi connectivity index (χ3v) is 3.28. The third kappa shape index (κ3) is 1.52. The van der Waals surface area contributed by atoms with Gasteiger partial charge in [-0.25, -0.2) is 9.59 Å². The van der Waals surface area contributed by atoms with Gasteiger partial charge in [0, 0.05) is 17.5 Å². The lowest BCUT2D eigenvalue weighted by Gasteiger charge is -2.19. The fourth-order valence-corrected chi connectivity index (χ4v) is 2.43. The van der Waals surface area contributed by atoms with Crippen LogP contribution >= 0.6 is 0 Å². The molecule has 0 aromatic heterocycles. The smallest absolute Gasteiger partial charge is 0.346 e. The van der Waals surface area contributed by atoms with Crippen molar-refractivity contribution in [2.24, 2.45) is 5.73 Å². The van der Waals surface area contributed by atoms with Crippen LogP contribution in [0.5, 0.6) is 5.75 Å². The minimum absolute atomic E-state index is 0.257. The first kappa shape index (κ1) is 11.7. The molecule has 5 nitrogen and oxygen atoms in total. The topological polar surface area (TPSA) is 78.6 Å². The van der Waals surface area contributed by atoms with Gasteiger partial charge in [-0.05, 0) is 17.5 Å². The molecule has 1 aliphatic heterocycles. The number of methoxy groups -OCH3 is 1. The number of hydrogen-bond acceptors (Lipinski definition) is 5. The predicted octanol–water partition coefficient (Wildman–Crippen LogP) is 1.62. The normalized spacial score (nSPS) is 13.6. The molecule has 1 heterocycles. The van der Waals surface area contributed by atoms with Crippen molar-refractivity contribution in [3.8, 4) is 5.75 Å². The van der Waals surface area contributed by atoms with Crippen molar-refractivity contribution in [2.45, 2.75) is 6.54 Å². The zero-order valence-electron chi connectivity index (χ0n) is 10.2. The van der Waals surface area contributed by atoms with Crippen molar-refractivity contribution in [2.75, 3.05) is 7.11 Å². The number of carbonyl (C=O) groups is 2. The summed E-state index contributed by atoms with van der Waals surface area (Å²) < 4.78 is 9.96. The lowest BCUT2D eigenvalue weighted by molar-refractivity contribution is 0.0391. The van der Waals surface area contributed by atoms with Crippen LogP contribution in [0.25, 0.3) is 10.8 Å². The molecule has 0 radical (unpaired) electrons. The van der Waals surface area contributed by atoms with Gasteiger partial charge in [0.2, 0.25) is 0 Å². The van der Waals surface area contributed by atoms with Crippen LogP contribution in [0.4, 0.5) is 0 Å². The van der Waals surface area contributed by atoms with Gasteiger partial charge < -0.3 is 15.2 Å². The number of hydrogen-bond donors (Lipinski definition) is 1. The van der Waals surface area contributed by atoms with Crippen LogP contribution in [0.3, 0.4) is 0 Å². The van der Waals surface area contributed by atoms with Gasteiger partial charge in [-0.15, -0.1) is 0 Å². The number of benzene rings is 2. The molecule has 0 atom stereocenters. The van der Waals surface area contributed by atoms with Crippen LogP contribution < -0.4 is 10.5 Å². The molecule has 0 bridgehead atoms. The first-order valence-corrected chi connectivity index (χ1v) is 5.76. The number of cyclic esters (lactones) is 2. The highest BCUT2D eigenvalue weighted by Gasteiger charge is 2.29. The second-order valence-electron chi connectivity index (χ2n) is 4.21. The summed E-state index contributed by atoms with van der Waals surface area (Å²) in [6.45, 7) is 0.257. The maximum atomic E-state index is 11.8. The molecule has 3 rings (SSSR count). The number of carbonyl (C=O) groups excluding carboxylic acids is 2. The van der Waals surface area contributed by atoms with Crippen molar-refractivity contribution < 1.29 is 19.1 Å². The SMILES string of the molecule is COc1cc2c3c(cccc3c1CN)C(=O)OC2=O. The molecule has 2 aromatic rings. The van der Waals surface area contributed by atoms with Gasteiger partial charge in [0.15, 0.2) is 0 Å². The second kappa shape index (κ2) is 4.07. The molecular weight excluding hydrogens is 246 g/mol. The monoisotopic (exact) mass is 257 g/mol. The molecule has 5 heteroatoms. The molecule has 19 heavy (non-hydrogen) atoms. The average Bonchev–Trinajstić information content (AvgIpc) is 2.43. The van der Waals surface area contributed by atoms with E-state index in [1.165, 1.54) is 7.11 Å². The Hall–Kier alpha value is -2.40. The van der Waals surface area contributed by atoms with Crippen LogP contribution in [0.2, 0.25) is 0 Å². The molecule has 0 spiro atoms. The largest absolute Gasteiger partial charge is 0.496 e. The number of esters is 2. The van der Waals surface area contributed by atoms with Crippen molar-refractivity contribution in [1.29, 1.82) is 0 Å². The van der Waals surface area contributed by atoms with Gasteiger partial charge in [-0.1, -0.05) is 12.1 Å². The minimum atomic E-state index is -0.657. The van der Waals surface area contributed by atoms with E-state index in [1.54, 1.807) is 18.2 Å².